The highest BCUT2D eigenvalue weighted by Crippen LogP contribution is 2.41. The lowest BCUT2D eigenvalue weighted by Gasteiger charge is -2.11. The SMILES string of the molecule is Nc1ccc2cc(S(=O)(=O)O)cc(O)c2c1N=Nc1ccc(Nc2nc(NCC(O)CO)nc(=O)[nH]2)cc1S(=O)(=O)O. The number of aromatic nitrogens is 3. The van der Waals surface area contributed by atoms with Crippen LogP contribution in [0.15, 0.2) is 67.3 Å². The number of H-pyrrole nitrogens is 1. The highest BCUT2D eigenvalue weighted by molar-refractivity contribution is 7.86. The van der Waals surface area contributed by atoms with Crippen LogP contribution in [0.4, 0.5) is 34.6 Å². The maximum absolute atomic E-state index is 12.2. The minimum atomic E-state index is -4.91. The average molecular weight is 623 g/mol. The van der Waals surface area contributed by atoms with Crippen molar-refractivity contribution in [3.05, 3.63) is 52.9 Å². The molecule has 0 spiro atoms. The van der Waals surface area contributed by atoms with Crippen LogP contribution in [-0.4, -0.2) is 75.5 Å². The molecule has 0 saturated carbocycles. The van der Waals surface area contributed by atoms with Crippen LogP contribution in [0.25, 0.3) is 10.8 Å². The number of aromatic amines is 1. The Morgan fingerprint density at radius 1 is 1.00 bits per heavy atom. The third-order valence-electron chi connectivity index (χ3n) is 5.49. The molecule has 3 aromatic carbocycles. The molecule has 4 aromatic rings. The van der Waals surface area contributed by atoms with Crippen LogP contribution in [-0.2, 0) is 20.2 Å². The van der Waals surface area contributed by atoms with Crippen molar-refractivity contribution in [2.24, 2.45) is 10.2 Å². The van der Waals surface area contributed by atoms with Crippen molar-refractivity contribution in [1.29, 1.82) is 0 Å². The first kappa shape index (κ1) is 30.2. The predicted molar refractivity (Wildman–Crippen MR) is 148 cm³/mol. The van der Waals surface area contributed by atoms with Crippen LogP contribution in [0.5, 0.6) is 5.75 Å². The summed E-state index contributed by atoms with van der Waals surface area (Å²) in [5.74, 6) is -1.03. The van der Waals surface area contributed by atoms with Gasteiger partial charge in [-0.15, -0.1) is 10.2 Å². The number of fused-ring (bicyclic) bond motifs is 1. The van der Waals surface area contributed by atoms with Gasteiger partial charge >= 0.3 is 5.69 Å². The van der Waals surface area contributed by atoms with E-state index in [1.807, 2.05) is 0 Å². The lowest BCUT2D eigenvalue weighted by atomic mass is 10.1. The molecule has 1 atom stereocenters. The fraction of sp³-hybridized carbons (Fsp3) is 0.136. The molecule has 222 valence electrons. The van der Waals surface area contributed by atoms with E-state index in [0.29, 0.717) is 0 Å². The maximum Gasteiger partial charge on any atom is 0.351 e. The Hall–Kier alpha value is -4.73. The fourth-order valence-corrected chi connectivity index (χ4v) is 4.77. The summed E-state index contributed by atoms with van der Waals surface area (Å²) >= 11 is 0. The van der Waals surface area contributed by atoms with E-state index in [2.05, 4.69) is 35.8 Å². The van der Waals surface area contributed by atoms with Crippen LogP contribution in [0.3, 0.4) is 0 Å². The zero-order valence-electron chi connectivity index (χ0n) is 21.0. The number of nitrogens with two attached hydrogens (primary N) is 1. The third kappa shape index (κ3) is 6.94. The van der Waals surface area contributed by atoms with Gasteiger partial charge in [0.15, 0.2) is 0 Å². The predicted octanol–water partition coefficient (Wildman–Crippen LogP) is 1.02. The first-order chi connectivity index (χ1) is 19.7. The minimum Gasteiger partial charge on any atom is -0.507 e. The number of anilines is 4. The summed E-state index contributed by atoms with van der Waals surface area (Å²) in [5, 5.41) is 41.8. The van der Waals surface area contributed by atoms with E-state index in [1.165, 1.54) is 18.2 Å². The molecule has 0 aliphatic heterocycles. The van der Waals surface area contributed by atoms with Crippen molar-refractivity contribution < 1.29 is 41.3 Å². The van der Waals surface area contributed by atoms with Gasteiger partial charge in [-0.05, 0) is 35.7 Å². The number of hydrogen-bond donors (Lipinski definition) is 9. The molecular weight excluding hydrogens is 600 g/mol. The second-order valence-electron chi connectivity index (χ2n) is 8.54. The van der Waals surface area contributed by atoms with Crippen molar-refractivity contribution in [3.63, 3.8) is 0 Å². The molecule has 0 aliphatic rings. The van der Waals surface area contributed by atoms with Crippen LogP contribution in [0.2, 0.25) is 0 Å². The van der Waals surface area contributed by atoms with Crippen molar-refractivity contribution in [2.45, 2.75) is 15.9 Å². The molecule has 10 N–H and O–H groups in total. The van der Waals surface area contributed by atoms with Gasteiger partial charge in [-0.3, -0.25) is 14.1 Å². The summed E-state index contributed by atoms with van der Waals surface area (Å²) in [7, 11) is -9.56. The zero-order valence-corrected chi connectivity index (χ0v) is 22.6. The van der Waals surface area contributed by atoms with Gasteiger partial charge in [0.1, 0.15) is 22.0 Å². The van der Waals surface area contributed by atoms with E-state index in [1.54, 1.807) is 0 Å². The molecule has 4 rings (SSSR count). The minimum absolute atomic E-state index is 0.0114. The van der Waals surface area contributed by atoms with Crippen molar-refractivity contribution in [3.8, 4) is 5.75 Å². The molecule has 0 aliphatic carbocycles. The van der Waals surface area contributed by atoms with Crippen molar-refractivity contribution in [1.82, 2.24) is 15.0 Å². The summed E-state index contributed by atoms with van der Waals surface area (Å²) in [6.07, 6.45) is -1.15. The number of nitrogens with one attached hydrogen (secondary N) is 3. The fourth-order valence-electron chi connectivity index (χ4n) is 3.59. The number of phenolic OH excluding ortho intramolecular Hbond substituents is 1. The molecule has 0 amide bonds. The number of hydrogen-bond acceptors (Lipinski definition) is 15. The summed E-state index contributed by atoms with van der Waals surface area (Å²) in [5.41, 5.74) is 4.56. The number of aromatic hydroxyl groups is 1. The van der Waals surface area contributed by atoms with Gasteiger partial charge in [0.05, 0.1) is 28.7 Å². The molecule has 0 radical (unpaired) electrons. The van der Waals surface area contributed by atoms with Gasteiger partial charge < -0.3 is 31.7 Å². The van der Waals surface area contributed by atoms with Gasteiger partial charge in [0.25, 0.3) is 20.2 Å². The summed E-state index contributed by atoms with van der Waals surface area (Å²) < 4.78 is 66.5. The summed E-state index contributed by atoms with van der Waals surface area (Å²) in [6.45, 7) is -0.723. The van der Waals surface area contributed by atoms with Gasteiger partial charge in [-0.25, -0.2) is 4.79 Å². The van der Waals surface area contributed by atoms with Crippen molar-refractivity contribution in [2.75, 3.05) is 29.5 Å². The number of phenols is 1. The van der Waals surface area contributed by atoms with E-state index >= 15 is 0 Å². The highest BCUT2D eigenvalue weighted by atomic mass is 32.2. The van der Waals surface area contributed by atoms with Gasteiger partial charge in [0.2, 0.25) is 11.9 Å². The second kappa shape index (κ2) is 11.6. The van der Waals surface area contributed by atoms with Crippen LogP contribution in [0, 0.1) is 0 Å². The third-order valence-corrected chi connectivity index (χ3v) is 7.20. The molecule has 0 bridgehead atoms. The van der Waals surface area contributed by atoms with Gasteiger partial charge in [-0.1, -0.05) is 6.07 Å². The van der Waals surface area contributed by atoms with E-state index in [9.17, 15) is 40.9 Å². The molecule has 42 heavy (non-hydrogen) atoms. The van der Waals surface area contributed by atoms with E-state index in [0.717, 1.165) is 24.3 Å². The Kier molecular flexibility index (Phi) is 8.38. The summed E-state index contributed by atoms with van der Waals surface area (Å²) in [6, 6.07) is 7.89. The van der Waals surface area contributed by atoms with Crippen LogP contribution >= 0.6 is 0 Å². The Bertz CT molecular complexity index is 1980. The van der Waals surface area contributed by atoms with E-state index < -0.39 is 54.2 Å². The van der Waals surface area contributed by atoms with E-state index in [-0.39, 0.29) is 52.0 Å². The lowest BCUT2D eigenvalue weighted by molar-refractivity contribution is 0.105. The van der Waals surface area contributed by atoms with Crippen LogP contribution in [0.1, 0.15) is 0 Å². The number of azo groups is 1. The molecular formula is C22H22N8O10S2. The Labute approximate surface area is 236 Å². The summed E-state index contributed by atoms with van der Waals surface area (Å²) in [4.78, 5) is 20.4. The number of benzene rings is 3. The normalized spacial score (nSPS) is 13.0. The number of rotatable bonds is 10. The maximum atomic E-state index is 12.2. The smallest absolute Gasteiger partial charge is 0.351 e. The molecule has 0 saturated heterocycles. The quantitative estimate of drug-likeness (QED) is 0.0677. The monoisotopic (exact) mass is 622 g/mol. The Morgan fingerprint density at radius 2 is 1.74 bits per heavy atom. The van der Waals surface area contributed by atoms with Gasteiger partial charge in [0, 0.05) is 18.3 Å². The molecule has 1 aromatic heterocycles. The highest BCUT2D eigenvalue weighted by Gasteiger charge is 2.19. The second-order valence-corrected chi connectivity index (χ2v) is 11.4. The largest absolute Gasteiger partial charge is 0.507 e. The number of nitrogens with zero attached hydrogens (tertiary/aromatic N) is 4. The molecule has 1 heterocycles. The van der Waals surface area contributed by atoms with Crippen molar-refractivity contribution >= 4 is 65.7 Å². The Balaban J connectivity index is 1.71. The topological polar surface area (TPSA) is 303 Å². The van der Waals surface area contributed by atoms with Gasteiger partial charge in [-0.2, -0.15) is 26.8 Å². The number of aliphatic hydroxyl groups is 2. The average Bonchev–Trinajstić information content (AvgIpc) is 2.90. The Morgan fingerprint density at radius 3 is 2.40 bits per heavy atom. The number of aliphatic hydroxyl groups excluding tert-OH is 2. The lowest BCUT2D eigenvalue weighted by Crippen LogP contribution is -2.26. The zero-order chi connectivity index (χ0) is 30.8. The molecule has 1 unspecified atom stereocenters. The molecule has 20 heteroatoms. The standard InChI is InChI=1S/C22H22N8O10S2/c23-14-3-1-10-5-13(41(35,36)37)7-16(33)18(10)19(14)30-29-15-4-2-11(6-17(15)42(38,39)40)25-21-26-20(27-22(34)28-21)24-8-12(32)9-31/h1-7,12,31-33H,8-9,23H2,(H,35,36,37)(H,38,39,40)(H3,24,25,26,27,28,34). The van der Waals surface area contributed by atoms with E-state index in [4.69, 9.17) is 10.8 Å². The molecule has 0 fully saturated rings. The molecule has 18 nitrogen and oxygen atoms in total. The van der Waals surface area contributed by atoms with Crippen LogP contribution < -0.4 is 22.1 Å². The first-order valence-electron chi connectivity index (χ1n) is 11.5. The first-order valence-corrected chi connectivity index (χ1v) is 14.4. The number of nitrogen functional groups attached to an aromatic ring is 1.